The largest absolute Gasteiger partial charge is 0.306 e. The summed E-state index contributed by atoms with van der Waals surface area (Å²) in [5.74, 6) is 0.245. The highest BCUT2D eigenvalue weighted by atomic mass is 16.1. The number of benzene rings is 1. The van der Waals surface area contributed by atoms with E-state index in [1.807, 2.05) is 29.0 Å². The van der Waals surface area contributed by atoms with Crippen LogP contribution in [0, 0.1) is 0 Å². The average Bonchev–Trinajstić information content (AvgIpc) is 2.88. The van der Waals surface area contributed by atoms with E-state index >= 15 is 0 Å². The maximum atomic E-state index is 11.7. The molecule has 0 atom stereocenters. The lowest BCUT2D eigenvalue weighted by Gasteiger charge is -2.07. The molecule has 3 nitrogen and oxygen atoms in total. The van der Waals surface area contributed by atoms with Crippen LogP contribution in [-0.4, -0.2) is 15.3 Å². The first-order valence-electron chi connectivity index (χ1n) is 4.99. The number of ketones is 1. The fourth-order valence-electron chi connectivity index (χ4n) is 2.11. The topological polar surface area (TPSA) is 34.9 Å². The van der Waals surface area contributed by atoms with Gasteiger partial charge in [-0.2, -0.15) is 0 Å². The monoisotopic (exact) mass is 198 g/mol. The number of hydrogen-bond donors (Lipinski definition) is 0. The minimum atomic E-state index is 0.245. The Hall–Kier alpha value is -1.90. The molecule has 2 aromatic rings. The molecule has 0 amide bonds. The summed E-state index contributed by atoms with van der Waals surface area (Å²) in [7, 11) is 0. The molecule has 3 rings (SSSR count). The van der Waals surface area contributed by atoms with Gasteiger partial charge in [-0.1, -0.05) is 12.1 Å². The molecule has 0 fully saturated rings. The van der Waals surface area contributed by atoms with Gasteiger partial charge < -0.3 is 4.57 Å². The van der Waals surface area contributed by atoms with Gasteiger partial charge in [0, 0.05) is 24.4 Å². The lowest BCUT2D eigenvalue weighted by Crippen LogP contribution is -2.01. The van der Waals surface area contributed by atoms with Crippen LogP contribution in [0.3, 0.4) is 0 Å². The zero-order valence-corrected chi connectivity index (χ0v) is 8.18. The first-order chi connectivity index (χ1) is 7.36. The molecule has 0 N–H and O–H groups in total. The van der Waals surface area contributed by atoms with E-state index in [1.165, 1.54) is 0 Å². The van der Waals surface area contributed by atoms with Crippen molar-refractivity contribution in [1.82, 2.24) is 9.55 Å². The summed E-state index contributed by atoms with van der Waals surface area (Å²) in [5.41, 5.74) is 2.98. The molecule has 1 heterocycles. The van der Waals surface area contributed by atoms with E-state index in [0.717, 1.165) is 23.2 Å². The van der Waals surface area contributed by atoms with Crippen molar-refractivity contribution in [2.75, 3.05) is 0 Å². The highest BCUT2D eigenvalue weighted by Gasteiger charge is 2.22. The van der Waals surface area contributed by atoms with Crippen molar-refractivity contribution in [2.24, 2.45) is 0 Å². The Morgan fingerprint density at radius 3 is 3.00 bits per heavy atom. The third kappa shape index (κ3) is 1.20. The molecule has 74 valence electrons. The summed E-state index contributed by atoms with van der Waals surface area (Å²) in [6.45, 7) is 0. The number of carbonyl (C=O) groups is 1. The Balaban J connectivity index is 2.26. The molecule has 0 unspecified atom stereocenters. The second-order valence-corrected chi connectivity index (χ2v) is 3.70. The van der Waals surface area contributed by atoms with Crippen LogP contribution in [0.15, 0.2) is 36.9 Å². The molecule has 0 aliphatic heterocycles. The van der Waals surface area contributed by atoms with Crippen molar-refractivity contribution in [3.63, 3.8) is 0 Å². The summed E-state index contributed by atoms with van der Waals surface area (Å²) in [6.07, 6.45) is 6.82. The summed E-state index contributed by atoms with van der Waals surface area (Å²) in [4.78, 5) is 15.7. The van der Waals surface area contributed by atoms with Crippen LogP contribution in [0.4, 0.5) is 0 Å². The minimum absolute atomic E-state index is 0.245. The highest BCUT2D eigenvalue weighted by Crippen LogP contribution is 2.27. The Morgan fingerprint density at radius 1 is 1.27 bits per heavy atom. The summed E-state index contributed by atoms with van der Waals surface area (Å²) in [6, 6.07) is 5.98. The van der Waals surface area contributed by atoms with E-state index in [1.54, 1.807) is 12.5 Å². The Kier molecular flexibility index (Phi) is 1.71. The molecular formula is C12H10N2O. The fraction of sp³-hybridized carbons (Fsp3) is 0.167. The number of aromatic nitrogens is 2. The number of nitrogens with zero attached hydrogens (tertiary/aromatic N) is 2. The van der Waals surface area contributed by atoms with Gasteiger partial charge in [-0.25, -0.2) is 4.98 Å². The quantitative estimate of drug-likeness (QED) is 0.702. The molecule has 1 aromatic carbocycles. The SMILES string of the molecule is O=C1CCc2cccc(-n3ccnc3)c21. The number of hydrogen-bond acceptors (Lipinski definition) is 2. The second kappa shape index (κ2) is 3.05. The summed E-state index contributed by atoms with van der Waals surface area (Å²) >= 11 is 0. The van der Waals surface area contributed by atoms with E-state index < -0.39 is 0 Å². The summed E-state index contributed by atoms with van der Waals surface area (Å²) < 4.78 is 1.89. The Morgan fingerprint density at radius 2 is 2.20 bits per heavy atom. The predicted molar refractivity (Wildman–Crippen MR) is 56.2 cm³/mol. The van der Waals surface area contributed by atoms with Crippen LogP contribution < -0.4 is 0 Å². The van der Waals surface area contributed by atoms with Gasteiger partial charge in [0.1, 0.15) is 0 Å². The van der Waals surface area contributed by atoms with Gasteiger partial charge in [-0.15, -0.1) is 0 Å². The van der Waals surface area contributed by atoms with E-state index in [9.17, 15) is 4.79 Å². The van der Waals surface area contributed by atoms with Crippen LogP contribution in [0.25, 0.3) is 5.69 Å². The van der Waals surface area contributed by atoms with E-state index in [0.29, 0.717) is 6.42 Å². The van der Waals surface area contributed by atoms with Crippen LogP contribution >= 0.6 is 0 Å². The number of aryl methyl sites for hydroxylation is 1. The van der Waals surface area contributed by atoms with Gasteiger partial charge in [0.05, 0.1) is 12.0 Å². The van der Waals surface area contributed by atoms with Crippen LogP contribution in [0.5, 0.6) is 0 Å². The van der Waals surface area contributed by atoms with Crippen LogP contribution in [0.2, 0.25) is 0 Å². The molecule has 3 heteroatoms. The molecule has 1 aliphatic carbocycles. The third-order valence-corrected chi connectivity index (χ3v) is 2.81. The number of fused-ring (bicyclic) bond motifs is 1. The fourth-order valence-corrected chi connectivity index (χ4v) is 2.11. The van der Waals surface area contributed by atoms with Gasteiger partial charge in [-0.05, 0) is 18.1 Å². The Bertz CT molecular complexity index is 514. The molecule has 0 bridgehead atoms. The van der Waals surface area contributed by atoms with Crippen molar-refractivity contribution < 1.29 is 4.79 Å². The standard InChI is InChI=1S/C12H10N2O/c15-11-5-4-9-2-1-3-10(12(9)11)14-7-6-13-8-14/h1-3,6-8H,4-5H2. The molecule has 0 saturated heterocycles. The maximum absolute atomic E-state index is 11.7. The minimum Gasteiger partial charge on any atom is -0.306 e. The van der Waals surface area contributed by atoms with Crippen molar-refractivity contribution >= 4 is 5.78 Å². The first kappa shape index (κ1) is 8.41. The lowest BCUT2D eigenvalue weighted by atomic mass is 10.1. The number of carbonyl (C=O) groups excluding carboxylic acids is 1. The van der Waals surface area contributed by atoms with Gasteiger partial charge in [0.15, 0.2) is 5.78 Å². The number of imidazole rings is 1. The molecule has 0 saturated carbocycles. The van der Waals surface area contributed by atoms with E-state index in [-0.39, 0.29) is 5.78 Å². The van der Waals surface area contributed by atoms with E-state index in [4.69, 9.17) is 0 Å². The van der Waals surface area contributed by atoms with Gasteiger partial charge in [-0.3, -0.25) is 4.79 Å². The number of rotatable bonds is 1. The molecule has 1 aromatic heterocycles. The van der Waals surface area contributed by atoms with Crippen LogP contribution in [0.1, 0.15) is 22.3 Å². The zero-order valence-electron chi connectivity index (χ0n) is 8.18. The first-order valence-corrected chi connectivity index (χ1v) is 4.99. The molecule has 15 heavy (non-hydrogen) atoms. The molecule has 0 spiro atoms. The highest BCUT2D eigenvalue weighted by molar-refractivity contribution is 6.03. The maximum Gasteiger partial charge on any atom is 0.165 e. The van der Waals surface area contributed by atoms with E-state index in [2.05, 4.69) is 4.98 Å². The lowest BCUT2D eigenvalue weighted by molar-refractivity contribution is 0.0994. The van der Waals surface area contributed by atoms with Crippen LogP contribution in [-0.2, 0) is 6.42 Å². The molecule has 0 radical (unpaired) electrons. The predicted octanol–water partition coefficient (Wildman–Crippen LogP) is 2.00. The zero-order chi connectivity index (χ0) is 10.3. The van der Waals surface area contributed by atoms with Crippen molar-refractivity contribution in [3.05, 3.63) is 48.0 Å². The van der Waals surface area contributed by atoms with Crippen molar-refractivity contribution in [3.8, 4) is 5.69 Å². The van der Waals surface area contributed by atoms with Gasteiger partial charge in [0.2, 0.25) is 0 Å². The molecular weight excluding hydrogens is 188 g/mol. The number of Topliss-reactive ketones (excluding diaryl/α,β-unsaturated/α-hetero) is 1. The third-order valence-electron chi connectivity index (χ3n) is 2.81. The second-order valence-electron chi connectivity index (χ2n) is 3.70. The normalized spacial score (nSPS) is 14.3. The molecule has 1 aliphatic rings. The van der Waals surface area contributed by atoms with Crippen molar-refractivity contribution in [2.45, 2.75) is 12.8 Å². The Labute approximate surface area is 87.4 Å². The average molecular weight is 198 g/mol. The van der Waals surface area contributed by atoms with Gasteiger partial charge in [0.25, 0.3) is 0 Å². The smallest absolute Gasteiger partial charge is 0.165 e. The van der Waals surface area contributed by atoms with Crippen molar-refractivity contribution in [1.29, 1.82) is 0 Å². The summed E-state index contributed by atoms with van der Waals surface area (Å²) in [5, 5.41) is 0. The van der Waals surface area contributed by atoms with Gasteiger partial charge >= 0.3 is 0 Å².